The topological polar surface area (TPSA) is 126 Å². The summed E-state index contributed by atoms with van der Waals surface area (Å²) < 4.78 is 15.8. The maximum Gasteiger partial charge on any atom is 0.341 e. The van der Waals surface area contributed by atoms with Crippen LogP contribution in [0.5, 0.6) is 17.2 Å². The van der Waals surface area contributed by atoms with Gasteiger partial charge in [0.05, 0.1) is 13.4 Å². The maximum absolute atomic E-state index is 12.3. The molecule has 152 valence electrons. The Morgan fingerprint density at radius 3 is 2.34 bits per heavy atom. The van der Waals surface area contributed by atoms with Crippen LogP contribution in [0.2, 0.25) is 0 Å². The van der Waals surface area contributed by atoms with E-state index < -0.39 is 18.0 Å². The fourth-order valence-electron chi connectivity index (χ4n) is 2.37. The van der Waals surface area contributed by atoms with Gasteiger partial charge in [0.25, 0.3) is 0 Å². The minimum atomic E-state index is -1.16. The van der Waals surface area contributed by atoms with E-state index >= 15 is 0 Å². The summed E-state index contributed by atoms with van der Waals surface area (Å²) in [5, 5.41) is 26.4. The number of aliphatic hydroxyl groups is 1. The van der Waals surface area contributed by atoms with E-state index in [9.17, 15) is 14.7 Å². The van der Waals surface area contributed by atoms with E-state index in [4.69, 9.17) is 24.1 Å². The lowest BCUT2D eigenvalue weighted by Crippen LogP contribution is -2.09. The highest BCUT2D eigenvalue weighted by Crippen LogP contribution is 2.31. The van der Waals surface area contributed by atoms with Gasteiger partial charge in [-0.2, -0.15) is 0 Å². The molecule has 0 saturated heterocycles. The standard InChI is InChI=1S/C18H14O7.C3H6O/c1-23-11-4-2-10(3-5-11)15-8-14(20)18-13(19)6-12(7-16(18)25-15)24-9-17(21)22;1-2-3-4/h2-8,19H,9H2,1H3,(H,21,22);2-4H,1H3. The zero-order valence-electron chi connectivity index (χ0n) is 15.8. The number of ether oxygens (including phenoxy) is 2. The Morgan fingerprint density at radius 1 is 1.14 bits per heavy atom. The van der Waals surface area contributed by atoms with Gasteiger partial charge in [-0.15, -0.1) is 0 Å². The number of carboxylic acids is 1. The van der Waals surface area contributed by atoms with Gasteiger partial charge in [0.15, 0.2) is 12.0 Å². The number of benzene rings is 2. The van der Waals surface area contributed by atoms with Gasteiger partial charge in [0.1, 0.15) is 34.0 Å². The lowest BCUT2D eigenvalue weighted by molar-refractivity contribution is -0.139. The van der Waals surface area contributed by atoms with Crippen molar-refractivity contribution in [1.29, 1.82) is 0 Å². The normalized spacial score (nSPS) is 10.4. The number of rotatable bonds is 5. The van der Waals surface area contributed by atoms with Crippen molar-refractivity contribution in [3.8, 4) is 28.6 Å². The largest absolute Gasteiger partial charge is 0.516 e. The predicted molar refractivity (Wildman–Crippen MR) is 107 cm³/mol. The van der Waals surface area contributed by atoms with E-state index in [-0.39, 0.29) is 22.5 Å². The Labute approximate surface area is 165 Å². The van der Waals surface area contributed by atoms with Crippen LogP contribution in [0.25, 0.3) is 22.3 Å². The summed E-state index contributed by atoms with van der Waals surface area (Å²) in [7, 11) is 1.55. The molecule has 0 atom stereocenters. The lowest BCUT2D eigenvalue weighted by atomic mass is 10.1. The van der Waals surface area contributed by atoms with Crippen LogP contribution in [0.4, 0.5) is 0 Å². The number of phenols is 1. The zero-order chi connectivity index (χ0) is 21.4. The molecule has 3 N–H and O–H groups in total. The Bertz CT molecular complexity index is 1060. The Kier molecular flexibility index (Phi) is 7.25. The third-order valence-corrected chi connectivity index (χ3v) is 3.67. The number of fused-ring (bicyclic) bond motifs is 1. The summed E-state index contributed by atoms with van der Waals surface area (Å²) in [5.41, 5.74) is 0.323. The molecule has 1 heterocycles. The molecule has 0 spiro atoms. The number of allylic oxidation sites excluding steroid dienone is 1. The van der Waals surface area contributed by atoms with E-state index in [1.54, 1.807) is 44.4 Å². The predicted octanol–water partition coefficient (Wildman–Crippen LogP) is 3.72. The van der Waals surface area contributed by atoms with Gasteiger partial charge in [-0.05, 0) is 31.2 Å². The first kappa shape index (κ1) is 21.4. The van der Waals surface area contributed by atoms with Crippen molar-refractivity contribution >= 4 is 16.9 Å². The number of methoxy groups -OCH3 is 1. The highest BCUT2D eigenvalue weighted by Gasteiger charge is 2.13. The Balaban J connectivity index is 0.000000687. The highest BCUT2D eigenvalue weighted by molar-refractivity contribution is 5.86. The summed E-state index contributed by atoms with van der Waals surface area (Å²) in [6.45, 7) is 1.17. The summed E-state index contributed by atoms with van der Waals surface area (Å²) in [5.74, 6) is -0.452. The van der Waals surface area contributed by atoms with E-state index in [0.29, 0.717) is 17.1 Å². The quantitative estimate of drug-likeness (QED) is 0.553. The van der Waals surface area contributed by atoms with Gasteiger partial charge in [-0.3, -0.25) is 4.79 Å². The van der Waals surface area contributed by atoms with Crippen LogP contribution < -0.4 is 14.9 Å². The van der Waals surface area contributed by atoms with Crippen molar-refractivity contribution in [2.24, 2.45) is 0 Å². The number of carbonyl (C=O) groups is 1. The minimum Gasteiger partial charge on any atom is -0.516 e. The van der Waals surface area contributed by atoms with Crippen LogP contribution in [0.3, 0.4) is 0 Å². The fourth-order valence-corrected chi connectivity index (χ4v) is 2.37. The number of phenolic OH excluding ortho intramolecular Hbond substituents is 1. The molecule has 0 bridgehead atoms. The number of aliphatic hydroxyl groups excluding tert-OH is 1. The van der Waals surface area contributed by atoms with Crippen molar-refractivity contribution in [3.63, 3.8) is 0 Å². The number of aliphatic carboxylic acids is 1. The van der Waals surface area contributed by atoms with E-state index in [2.05, 4.69) is 0 Å². The smallest absolute Gasteiger partial charge is 0.341 e. The van der Waals surface area contributed by atoms with Crippen molar-refractivity contribution in [2.45, 2.75) is 6.92 Å². The Morgan fingerprint density at radius 2 is 1.79 bits per heavy atom. The molecule has 0 unspecified atom stereocenters. The maximum atomic E-state index is 12.3. The first-order chi connectivity index (χ1) is 13.9. The van der Waals surface area contributed by atoms with Crippen molar-refractivity contribution in [1.82, 2.24) is 0 Å². The second-order valence-electron chi connectivity index (χ2n) is 5.68. The zero-order valence-corrected chi connectivity index (χ0v) is 15.8. The molecule has 0 aliphatic heterocycles. The van der Waals surface area contributed by atoms with Gasteiger partial charge in [0, 0.05) is 23.8 Å². The molecule has 8 nitrogen and oxygen atoms in total. The number of aromatic hydroxyl groups is 1. The molecular formula is C21H20O8. The molecule has 29 heavy (non-hydrogen) atoms. The number of hydrogen-bond acceptors (Lipinski definition) is 7. The molecule has 0 aliphatic carbocycles. The first-order valence-corrected chi connectivity index (χ1v) is 8.44. The number of carboxylic acid groups (broad SMARTS) is 1. The van der Waals surface area contributed by atoms with Crippen LogP contribution in [0.1, 0.15) is 6.92 Å². The van der Waals surface area contributed by atoms with E-state index in [1.807, 2.05) is 0 Å². The summed E-state index contributed by atoms with van der Waals surface area (Å²) >= 11 is 0. The van der Waals surface area contributed by atoms with Gasteiger partial charge in [0.2, 0.25) is 0 Å². The molecule has 0 saturated carbocycles. The van der Waals surface area contributed by atoms with Gasteiger partial charge in [-0.1, -0.05) is 6.08 Å². The minimum absolute atomic E-state index is 0.0000586. The van der Waals surface area contributed by atoms with Crippen LogP contribution in [0.15, 0.2) is 64.0 Å². The molecule has 0 aliphatic rings. The Hall–Kier alpha value is -3.94. The van der Waals surface area contributed by atoms with Crippen LogP contribution in [-0.2, 0) is 4.79 Å². The van der Waals surface area contributed by atoms with Gasteiger partial charge >= 0.3 is 5.97 Å². The number of hydrogen-bond donors (Lipinski definition) is 3. The molecule has 0 fully saturated rings. The molecular weight excluding hydrogens is 380 g/mol. The van der Waals surface area contributed by atoms with Crippen molar-refractivity contribution < 1.29 is 34.0 Å². The van der Waals surface area contributed by atoms with Gasteiger partial charge in [-0.25, -0.2) is 4.79 Å². The van der Waals surface area contributed by atoms with Crippen molar-refractivity contribution in [2.75, 3.05) is 13.7 Å². The van der Waals surface area contributed by atoms with Crippen LogP contribution in [0, 0.1) is 0 Å². The van der Waals surface area contributed by atoms with Crippen LogP contribution in [-0.4, -0.2) is 35.0 Å². The lowest BCUT2D eigenvalue weighted by Gasteiger charge is -2.08. The molecule has 8 heteroatoms. The van der Waals surface area contributed by atoms with E-state index in [1.165, 1.54) is 18.2 Å². The fraction of sp³-hybridized carbons (Fsp3) is 0.143. The summed E-state index contributed by atoms with van der Waals surface area (Å²) in [6.07, 6.45) is 2.56. The summed E-state index contributed by atoms with van der Waals surface area (Å²) in [6, 6.07) is 10.7. The third-order valence-electron chi connectivity index (χ3n) is 3.67. The second kappa shape index (κ2) is 9.84. The molecule has 3 aromatic rings. The van der Waals surface area contributed by atoms with E-state index in [0.717, 1.165) is 6.26 Å². The average Bonchev–Trinajstić information content (AvgIpc) is 2.72. The van der Waals surface area contributed by atoms with Crippen LogP contribution >= 0.6 is 0 Å². The van der Waals surface area contributed by atoms with Gasteiger partial charge < -0.3 is 29.2 Å². The molecule has 1 aromatic heterocycles. The average molecular weight is 400 g/mol. The highest BCUT2D eigenvalue weighted by atomic mass is 16.5. The second-order valence-corrected chi connectivity index (χ2v) is 5.68. The molecule has 0 amide bonds. The third kappa shape index (κ3) is 5.52. The molecule has 3 rings (SSSR count). The SMILES string of the molecule is CC=CO.COc1ccc(-c2cc(=O)c3c(O)cc(OCC(=O)O)cc3o2)cc1. The monoisotopic (exact) mass is 400 g/mol. The first-order valence-electron chi connectivity index (χ1n) is 8.44. The summed E-state index contributed by atoms with van der Waals surface area (Å²) in [4.78, 5) is 22.9. The molecule has 2 aromatic carbocycles. The molecule has 0 radical (unpaired) electrons. The van der Waals surface area contributed by atoms with Crippen molar-refractivity contribution in [3.05, 3.63) is 65.0 Å².